The van der Waals surface area contributed by atoms with E-state index in [0.717, 1.165) is 54.3 Å². The van der Waals surface area contributed by atoms with Gasteiger partial charge in [0.2, 0.25) is 0 Å². The molecule has 162 valence electrons. The van der Waals surface area contributed by atoms with Gasteiger partial charge in [0.15, 0.2) is 0 Å². The molecule has 2 atom stereocenters. The lowest BCUT2D eigenvalue weighted by atomic mass is 9.84. The molecule has 2 aliphatic heterocycles. The van der Waals surface area contributed by atoms with E-state index < -0.39 is 0 Å². The van der Waals surface area contributed by atoms with E-state index in [1.807, 2.05) is 23.9 Å². The van der Waals surface area contributed by atoms with Gasteiger partial charge in [-0.1, -0.05) is 32.9 Å². The van der Waals surface area contributed by atoms with Crippen LogP contribution in [0.1, 0.15) is 50.8 Å². The standard InChI is InChI=1S/C25H33NO3S/c1-24(2,3)21-13-23-18(12-22(21)27)9-10-25(4,29-23)15-28-19-7-5-17(6-8-19)11-20-14-26-16-30-20/h5-8,12-13,20,26-27H,9-11,14-16H2,1-4H3. The number of phenols is 1. The molecule has 0 aliphatic carbocycles. The van der Waals surface area contributed by atoms with Crippen LogP contribution in [0.2, 0.25) is 0 Å². The minimum Gasteiger partial charge on any atom is -0.508 e. The number of thioether (sulfide) groups is 1. The van der Waals surface area contributed by atoms with Crippen molar-refractivity contribution in [3.8, 4) is 17.2 Å². The smallest absolute Gasteiger partial charge is 0.140 e. The van der Waals surface area contributed by atoms with Crippen molar-refractivity contribution in [1.29, 1.82) is 0 Å². The molecule has 2 aromatic carbocycles. The zero-order valence-corrected chi connectivity index (χ0v) is 19.3. The Morgan fingerprint density at radius 3 is 2.67 bits per heavy atom. The second-order valence-electron chi connectivity index (χ2n) is 9.80. The van der Waals surface area contributed by atoms with Crippen molar-refractivity contribution in [1.82, 2.24) is 5.32 Å². The lowest BCUT2D eigenvalue weighted by Crippen LogP contribution is -2.42. The molecule has 1 fully saturated rings. The molecule has 2 unspecified atom stereocenters. The highest BCUT2D eigenvalue weighted by molar-refractivity contribution is 8.00. The van der Waals surface area contributed by atoms with Crippen LogP contribution in [-0.4, -0.2) is 35.0 Å². The highest BCUT2D eigenvalue weighted by Gasteiger charge is 2.34. The van der Waals surface area contributed by atoms with E-state index in [0.29, 0.717) is 17.6 Å². The van der Waals surface area contributed by atoms with Gasteiger partial charge >= 0.3 is 0 Å². The Bertz CT molecular complexity index is 885. The molecule has 2 aliphatic rings. The Balaban J connectivity index is 1.39. The molecule has 2 heterocycles. The summed E-state index contributed by atoms with van der Waals surface area (Å²) in [7, 11) is 0. The first-order valence-electron chi connectivity index (χ1n) is 10.8. The van der Waals surface area contributed by atoms with E-state index in [2.05, 4.69) is 57.3 Å². The number of aryl methyl sites for hydroxylation is 1. The Kier molecular flexibility index (Phi) is 5.95. The minimum absolute atomic E-state index is 0.137. The molecular formula is C25H33NO3S. The average molecular weight is 428 g/mol. The predicted molar refractivity (Wildman–Crippen MR) is 124 cm³/mol. The molecule has 0 aromatic heterocycles. The maximum Gasteiger partial charge on any atom is 0.140 e. The van der Waals surface area contributed by atoms with Gasteiger partial charge in [0.05, 0.1) is 0 Å². The average Bonchev–Trinajstić information content (AvgIpc) is 3.20. The second kappa shape index (κ2) is 8.35. The van der Waals surface area contributed by atoms with Crippen molar-refractivity contribution >= 4 is 11.8 Å². The number of rotatable bonds is 5. The summed E-state index contributed by atoms with van der Waals surface area (Å²) in [5.74, 6) is 3.17. The normalized spacial score (nSPS) is 23.7. The first-order valence-corrected chi connectivity index (χ1v) is 11.9. The van der Waals surface area contributed by atoms with Crippen molar-refractivity contribution in [2.75, 3.05) is 19.0 Å². The van der Waals surface area contributed by atoms with Crippen LogP contribution >= 0.6 is 11.8 Å². The molecule has 1 saturated heterocycles. The molecule has 30 heavy (non-hydrogen) atoms. The zero-order valence-electron chi connectivity index (χ0n) is 18.5. The molecule has 0 radical (unpaired) electrons. The monoisotopic (exact) mass is 427 g/mol. The van der Waals surface area contributed by atoms with Gasteiger partial charge in [0.25, 0.3) is 0 Å². The van der Waals surface area contributed by atoms with Crippen molar-refractivity contribution in [2.45, 2.75) is 63.2 Å². The van der Waals surface area contributed by atoms with Crippen LogP contribution in [0.3, 0.4) is 0 Å². The van der Waals surface area contributed by atoms with Gasteiger partial charge in [-0.05, 0) is 67.0 Å². The van der Waals surface area contributed by atoms with E-state index in [9.17, 15) is 5.11 Å². The van der Waals surface area contributed by atoms with Gasteiger partial charge in [-0.3, -0.25) is 0 Å². The SMILES string of the molecule is CC1(COc2ccc(CC3CNCS3)cc2)CCc2cc(O)c(C(C)(C)C)cc2O1. The number of aromatic hydroxyl groups is 1. The van der Waals surface area contributed by atoms with Gasteiger partial charge in [-0.15, -0.1) is 11.8 Å². The van der Waals surface area contributed by atoms with Crippen molar-refractivity contribution < 1.29 is 14.6 Å². The minimum atomic E-state index is -0.385. The summed E-state index contributed by atoms with van der Waals surface area (Å²) in [6.45, 7) is 10.0. The van der Waals surface area contributed by atoms with Crippen LogP contribution in [0.4, 0.5) is 0 Å². The number of phenolic OH excluding ortho intramolecular Hbond substituents is 1. The van der Waals surface area contributed by atoms with Crippen LogP contribution in [0, 0.1) is 0 Å². The maximum absolute atomic E-state index is 10.4. The molecule has 2 aromatic rings. The largest absolute Gasteiger partial charge is 0.508 e. The molecule has 4 nitrogen and oxygen atoms in total. The van der Waals surface area contributed by atoms with Crippen LogP contribution in [0.5, 0.6) is 17.2 Å². The first kappa shape index (κ1) is 21.4. The number of fused-ring (bicyclic) bond motifs is 1. The van der Waals surface area contributed by atoms with Gasteiger partial charge < -0.3 is 19.9 Å². The van der Waals surface area contributed by atoms with E-state index in [4.69, 9.17) is 9.47 Å². The van der Waals surface area contributed by atoms with E-state index >= 15 is 0 Å². The van der Waals surface area contributed by atoms with Crippen molar-refractivity contribution in [2.24, 2.45) is 0 Å². The van der Waals surface area contributed by atoms with E-state index in [1.54, 1.807) is 0 Å². The van der Waals surface area contributed by atoms with E-state index in [-0.39, 0.29) is 11.0 Å². The zero-order chi connectivity index (χ0) is 21.4. The summed E-state index contributed by atoms with van der Waals surface area (Å²) in [5, 5.41) is 14.5. The highest BCUT2D eigenvalue weighted by Crippen LogP contribution is 2.41. The lowest BCUT2D eigenvalue weighted by Gasteiger charge is -2.36. The van der Waals surface area contributed by atoms with Gasteiger partial charge in [-0.2, -0.15) is 0 Å². The summed E-state index contributed by atoms with van der Waals surface area (Å²) < 4.78 is 12.5. The second-order valence-corrected chi connectivity index (χ2v) is 11.1. The van der Waals surface area contributed by atoms with E-state index in [1.165, 1.54) is 5.56 Å². The molecule has 4 rings (SSSR count). The Morgan fingerprint density at radius 2 is 2.00 bits per heavy atom. The molecule has 5 heteroatoms. The quantitative estimate of drug-likeness (QED) is 0.699. The molecule has 0 saturated carbocycles. The maximum atomic E-state index is 10.4. The number of hydrogen-bond acceptors (Lipinski definition) is 5. The fraction of sp³-hybridized carbons (Fsp3) is 0.520. The number of nitrogens with one attached hydrogen (secondary N) is 1. The fourth-order valence-corrected chi connectivity index (χ4v) is 5.14. The van der Waals surface area contributed by atoms with Crippen LogP contribution in [0.15, 0.2) is 36.4 Å². The van der Waals surface area contributed by atoms with Gasteiger partial charge in [-0.25, -0.2) is 0 Å². The summed E-state index contributed by atoms with van der Waals surface area (Å²) in [6, 6.07) is 12.4. The van der Waals surface area contributed by atoms with Crippen molar-refractivity contribution in [3.05, 3.63) is 53.1 Å². The molecular weight excluding hydrogens is 394 g/mol. The lowest BCUT2D eigenvalue weighted by molar-refractivity contribution is 0.0173. The third-order valence-corrected chi connectivity index (χ3v) is 7.17. The number of benzene rings is 2. The van der Waals surface area contributed by atoms with Crippen LogP contribution in [-0.2, 0) is 18.3 Å². The Labute approximate surface area is 184 Å². The van der Waals surface area contributed by atoms with Crippen LogP contribution in [0.25, 0.3) is 0 Å². The fourth-order valence-electron chi connectivity index (χ4n) is 4.13. The number of ether oxygens (including phenoxy) is 2. The summed E-state index contributed by atoms with van der Waals surface area (Å²) in [4.78, 5) is 0. The summed E-state index contributed by atoms with van der Waals surface area (Å²) >= 11 is 1.99. The van der Waals surface area contributed by atoms with Gasteiger partial charge in [0.1, 0.15) is 29.5 Å². The highest BCUT2D eigenvalue weighted by atomic mass is 32.2. The van der Waals surface area contributed by atoms with Crippen molar-refractivity contribution in [3.63, 3.8) is 0 Å². The molecule has 0 spiro atoms. The summed E-state index contributed by atoms with van der Waals surface area (Å²) in [6.07, 6.45) is 2.83. The van der Waals surface area contributed by atoms with Gasteiger partial charge in [0, 0.05) is 23.2 Å². The third-order valence-electron chi connectivity index (χ3n) is 5.99. The molecule has 2 N–H and O–H groups in total. The third kappa shape index (κ3) is 4.89. The topological polar surface area (TPSA) is 50.7 Å². The predicted octanol–water partition coefficient (Wildman–Crippen LogP) is 5.06. The Hall–Kier alpha value is -1.85. The first-order chi connectivity index (χ1) is 14.2. The Morgan fingerprint density at radius 1 is 1.23 bits per heavy atom. The molecule has 0 amide bonds. The number of hydrogen-bond donors (Lipinski definition) is 2. The summed E-state index contributed by atoms with van der Waals surface area (Å²) in [5.41, 5.74) is 2.82. The van der Waals surface area contributed by atoms with Crippen LogP contribution < -0.4 is 14.8 Å². The molecule has 0 bridgehead atoms.